The Balaban J connectivity index is 1.37. The first-order chi connectivity index (χ1) is 14.5. The summed E-state index contributed by atoms with van der Waals surface area (Å²) < 4.78 is 15.5. The highest BCUT2D eigenvalue weighted by Crippen LogP contribution is 2.41. The minimum Gasteiger partial charge on any atom is -0.278 e. The molecule has 7 heteroatoms. The fourth-order valence-corrected chi connectivity index (χ4v) is 5.05. The Morgan fingerprint density at radius 3 is 2.73 bits per heavy atom. The van der Waals surface area contributed by atoms with E-state index in [0.29, 0.717) is 27.9 Å². The number of nitrogens with one attached hydrogen (secondary N) is 1. The molecule has 1 aliphatic rings. The lowest BCUT2D eigenvalue weighted by Gasteiger charge is -2.33. The highest BCUT2D eigenvalue weighted by Gasteiger charge is 2.29. The lowest BCUT2D eigenvalue weighted by Crippen LogP contribution is -2.28. The number of hydrogen-bond donors (Lipinski definition) is 1. The lowest BCUT2D eigenvalue weighted by molar-refractivity contribution is 0.232. The van der Waals surface area contributed by atoms with Crippen LogP contribution in [-0.4, -0.2) is 19.7 Å². The van der Waals surface area contributed by atoms with Gasteiger partial charge in [-0.3, -0.25) is 14.9 Å². The van der Waals surface area contributed by atoms with Gasteiger partial charge in [0.05, 0.1) is 22.0 Å². The van der Waals surface area contributed by atoms with E-state index in [1.54, 1.807) is 29.1 Å². The first-order valence-electron chi connectivity index (χ1n) is 10.3. The average molecular weight is 425 g/mol. The molecule has 0 spiro atoms. The van der Waals surface area contributed by atoms with Crippen molar-refractivity contribution in [1.29, 1.82) is 0 Å². The van der Waals surface area contributed by atoms with E-state index in [1.807, 2.05) is 12.3 Å². The van der Waals surface area contributed by atoms with Crippen molar-refractivity contribution in [3.05, 3.63) is 69.5 Å². The average Bonchev–Trinajstić information content (AvgIpc) is 3.09. The van der Waals surface area contributed by atoms with Gasteiger partial charge in [0.15, 0.2) is 5.65 Å². The summed E-state index contributed by atoms with van der Waals surface area (Å²) in [6, 6.07) is 8.51. The van der Waals surface area contributed by atoms with Crippen molar-refractivity contribution >= 4 is 33.5 Å². The van der Waals surface area contributed by atoms with E-state index in [9.17, 15) is 9.18 Å². The van der Waals surface area contributed by atoms with Gasteiger partial charge >= 0.3 is 0 Å². The highest BCUT2D eigenvalue weighted by molar-refractivity contribution is 6.31. The molecule has 0 bridgehead atoms. The Bertz CT molecular complexity index is 1290. The van der Waals surface area contributed by atoms with E-state index in [2.05, 4.69) is 22.0 Å². The summed E-state index contributed by atoms with van der Waals surface area (Å²) >= 11 is 6.00. The molecule has 1 fully saturated rings. The smallest absolute Gasteiger partial charge is 0.276 e. The van der Waals surface area contributed by atoms with Crippen LogP contribution in [-0.2, 0) is 0 Å². The van der Waals surface area contributed by atoms with E-state index < -0.39 is 0 Å². The van der Waals surface area contributed by atoms with E-state index >= 15 is 0 Å². The summed E-state index contributed by atoms with van der Waals surface area (Å²) in [4.78, 5) is 21.4. The van der Waals surface area contributed by atoms with Crippen LogP contribution in [0.1, 0.15) is 50.1 Å². The molecule has 3 aromatic heterocycles. The number of hydrogen-bond acceptors (Lipinski definition) is 3. The van der Waals surface area contributed by atoms with Crippen LogP contribution in [0.4, 0.5) is 4.39 Å². The van der Waals surface area contributed by atoms with Gasteiger partial charge in [-0.2, -0.15) is 0 Å². The van der Waals surface area contributed by atoms with Gasteiger partial charge in [0.25, 0.3) is 5.56 Å². The van der Waals surface area contributed by atoms with E-state index in [4.69, 9.17) is 11.6 Å². The Labute approximate surface area is 177 Å². The first kappa shape index (κ1) is 19.2. The van der Waals surface area contributed by atoms with Crippen molar-refractivity contribution in [3.63, 3.8) is 0 Å². The minimum atomic E-state index is -0.231. The third kappa shape index (κ3) is 3.29. The Morgan fingerprint density at radius 2 is 1.93 bits per heavy atom. The first-order valence-corrected chi connectivity index (χ1v) is 10.7. The number of H-pyrrole nitrogens is 1. The molecule has 0 radical (unpaired) electrons. The predicted octanol–water partition coefficient (Wildman–Crippen LogP) is 5.60. The Kier molecular flexibility index (Phi) is 4.82. The zero-order valence-electron chi connectivity index (χ0n) is 16.6. The SMILES string of the molecule is C[C@H]([C@H]1CC[C@@H](c2ccnc3ccc(F)cc32)CC1)n1[nH]c2ncc(Cl)cc2c1=O. The van der Waals surface area contributed by atoms with Crippen molar-refractivity contribution < 1.29 is 4.39 Å². The van der Waals surface area contributed by atoms with Crippen LogP contribution in [0.2, 0.25) is 5.02 Å². The van der Waals surface area contributed by atoms with E-state index in [0.717, 1.165) is 36.6 Å². The van der Waals surface area contributed by atoms with Crippen LogP contribution in [0.5, 0.6) is 0 Å². The van der Waals surface area contributed by atoms with Gasteiger partial charge in [-0.05, 0) is 80.3 Å². The number of aromatic nitrogens is 4. The molecule has 1 saturated carbocycles. The number of fused-ring (bicyclic) bond motifs is 2. The quantitative estimate of drug-likeness (QED) is 0.465. The molecule has 4 aromatic rings. The molecule has 1 atom stereocenters. The molecular weight excluding hydrogens is 403 g/mol. The second kappa shape index (κ2) is 7.51. The van der Waals surface area contributed by atoms with E-state index in [1.165, 1.54) is 11.6 Å². The number of benzene rings is 1. The van der Waals surface area contributed by atoms with Crippen LogP contribution in [0.25, 0.3) is 21.9 Å². The standard InChI is InChI=1S/C23H22ClFN4O/c1-13(29-23(30)20-10-16(24)12-27-22(20)28-29)14-2-4-15(5-3-14)18-8-9-26-21-7-6-17(25)11-19(18)21/h6-15H,2-5H2,1H3,(H,27,28)/t13-,14-,15+/m1/s1. The topological polar surface area (TPSA) is 63.6 Å². The Morgan fingerprint density at radius 1 is 1.13 bits per heavy atom. The molecule has 5 rings (SSSR count). The van der Waals surface area contributed by atoms with Crippen LogP contribution < -0.4 is 5.56 Å². The summed E-state index contributed by atoms with van der Waals surface area (Å²) in [6.07, 6.45) is 7.36. The van der Waals surface area contributed by atoms with Gasteiger partial charge in [-0.1, -0.05) is 11.6 Å². The summed E-state index contributed by atoms with van der Waals surface area (Å²) in [5.41, 5.74) is 2.49. The third-order valence-corrected chi connectivity index (χ3v) is 6.78. The molecule has 154 valence electrons. The van der Waals surface area contributed by atoms with Gasteiger partial charge < -0.3 is 0 Å². The lowest BCUT2D eigenvalue weighted by atomic mass is 9.75. The number of aromatic amines is 1. The summed E-state index contributed by atoms with van der Waals surface area (Å²) in [6.45, 7) is 2.08. The maximum Gasteiger partial charge on any atom is 0.276 e. The third-order valence-electron chi connectivity index (χ3n) is 6.57. The zero-order valence-corrected chi connectivity index (χ0v) is 17.4. The molecular formula is C23H22ClFN4O. The molecule has 1 aromatic carbocycles. The van der Waals surface area contributed by atoms with Crippen LogP contribution in [0, 0.1) is 11.7 Å². The van der Waals surface area contributed by atoms with Gasteiger partial charge in [0.1, 0.15) is 5.82 Å². The molecule has 0 saturated heterocycles. The molecule has 1 aliphatic carbocycles. The predicted molar refractivity (Wildman–Crippen MR) is 116 cm³/mol. The van der Waals surface area contributed by atoms with Gasteiger partial charge in [0.2, 0.25) is 0 Å². The molecule has 30 heavy (non-hydrogen) atoms. The molecule has 5 nitrogen and oxygen atoms in total. The van der Waals surface area contributed by atoms with Crippen molar-refractivity contribution in [3.8, 4) is 0 Å². The molecule has 1 N–H and O–H groups in total. The van der Waals surface area contributed by atoms with Gasteiger partial charge in [0, 0.05) is 17.8 Å². The molecule has 0 aliphatic heterocycles. The summed E-state index contributed by atoms with van der Waals surface area (Å²) in [5.74, 6) is 0.527. The summed E-state index contributed by atoms with van der Waals surface area (Å²) in [7, 11) is 0. The normalized spacial score (nSPS) is 20.6. The van der Waals surface area contributed by atoms with Crippen LogP contribution in [0.15, 0.2) is 47.5 Å². The summed E-state index contributed by atoms with van der Waals surface area (Å²) in [5, 5.41) is 5.03. The largest absolute Gasteiger partial charge is 0.278 e. The number of nitrogens with zero attached hydrogens (tertiary/aromatic N) is 3. The van der Waals surface area contributed by atoms with Crippen LogP contribution in [0.3, 0.4) is 0 Å². The maximum absolute atomic E-state index is 13.8. The Hall–Kier alpha value is -2.73. The number of rotatable bonds is 3. The van der Waals surface area contributed by atoms with Gasteiger partial charge in [-0.25, -0.2) is 14.1 Å². The van der Waals surface area contributed by atoms with Crippen molar-refractivity contribution in [2.75, 3.05) is 0 Å². The highest BCUT2D eigenvalue weighted by atomic mass is 35.5. The van der Waals surface area contributed by atoms with Crippen LogP contribution >= 0.6 is 11.6 Å². The van der Waals surface area contributed by atoms with Crippen molar-refractivity contribution in [2.24, 2.45) is 5.92 Å². The van der Waals surface area contributed by atoms with Crippen molar-refractivity contribution in [2.45, 2.75) is 44.6 Å². The van der Waals surface area contributed by atoms with Crippen molar-refractivity contribution in [1.82, 2.24) is 19.7 Å². The fraction of sp³-hybridized carbons (Fsp3) is 0.348. The minimum absolute atomic E-state index is 0.0399. The monoisotopic (exact) mass is 424 g/mol. The molecule has 0 amide bonds. The fourth-order valence-electron chi connectivity index (χ4n) is 4.89. The van der Waals surface area contributed by atoms with E-state index in [-0.39, 0.29) is 17.4 Å². The molecule has 0 unspecified atom stereocenters. The maximum atomic E-state index is 13.8. The second-order valence-corrected chi connectivity index (χ2v) is 8.69. The zero-order chi connectivity index (χ0) is 20.8. The number of halogens is 2. The molecule has 3 heterocycles. The second-order valence-electron chi connectivity index (χ2n) is 8.25. The number of pyridine rings is 2. The van der Waals surface area contributed by atoms with Gasteiger partial charge in [-0.15, -0.1) is 0 Å².